The third-order valence-corrected chi connectivity index (χ3v) is 5.34. The van der Waals surface area contributed by atoms with Crippen LogP contribution in [-0.2, 0) is 19.7 Å². The Morgan fingerprint density at radius 3 is 2.64 bits per heavy atom. The zero-order valence-electron chi connectivity index (χ0n) is 16.6. The summed E-state index contributed by atoms with van der Waals surface area (Å²) < 4.78 is 32.4. The highest BCUT2D eigenvalue weighted by molar-refractivity contribution is 9.10. The van der Waals surface area contributed by atoms with E-state index >= 15 is 0 Å². The van der Waals surface area contributed by atoms with Gasteiger partial charge >= 0.3 is 6.09 Å². The van der Waals surface area contributed by atoms with E-state index in [0.717, 1.165) is 4.47 Å². The van der Waals surface area contributed by atoms with E-state index in [9.17, 15) is 9.18 Å². The zero-order valence-corrected chi connectivity index (χ0v) is 18.2. The molecule has 6 nitrogen and oxygen atoms in total. The smallest absolute Gasteiger partial charge is 0.415 e. The number of carbonyl (C=O) groups is 1. The van der Waals surface area contributed by atoms with Crippen molar-refractivity contribution in [3.8, 4) is 0 Å². The van der Waals surface area contributed by atoms with Crippen molar-refractivity contribution in [2.75, 3.05) is 13.2 Å². The van der Waals surface area contributed by atoms with Crippen molar-refractivity contribution < 1.29 is 23.4 Å². The van der Waals surface area contributed by atoms with Crippen molar-refractivity contribution >= 4 is 28.0 Å². The third kappa shape index (κ3) is 4.84. The van der Waals surface area contributed by atoms with E-state index in [1.165, 1.54) is 6.07 Å². The first-order chi connectivity index (χ1) is 13.0. The Morgan fingerprint density at radius 2 is 2.00 bits per heavy atom. The number of alkyl carbamates (subject to hydrolysis) is 1. The lowest BCUT2D eigenvalue weighted by Gasteiger charge is -2.46. The highest BCUT2D eigenvalue weighted by atomic mass is 79.9. The van der Waals surface area contributed by atoms with Crippen LogP contribution in [0, 0.1) is 5.82 Å². The highest BCUT2D eigenvalue weighted by Gasteiger charge is 2.48. The lowest BCUT2D eigenvalue weighted by atomic mass is 9.76. The maximum absolute atomic E-state index is 14.7. The molecule has 154 valence electrons. The minimum Gasteiger partial charge on any atom is -0.458 e. The van der Waals surface area contributed by atoms with Gasteiger partial charge in [-0.1, -0.05) is 15.9 Å². The number of carbonyl (C=O) groups excluding carboxylic acids is 1. The lowest BCUT2D eigenvalue weighted by Crippen LogP contribution is -2.53. The molecule has 3 rings (SSSR count). The molecule has 1 amide bonds. The SMILES string of the molecule is CC(C)(C)OC(=O)NC1=N[C@](C)(c2cc(Br)ccc2F)CC2(CCOCC2)O1. The second-order valence-corrected chi connectivity index (χ2v) is 9.43. The molecule has 0 unspecified atom stereocenters. The Labute approximate surface area is 173 Å². The summed E-state index contributed by atoms with van der Waals surface area (Å²) in [6, 6.07) is 4.83. The molecule has 2 aliphatic heterocycles. The van der Waals surface area contributed by atoms with E-state index in [-0.39, 0.29) is 11.8 Å². The van der Waals surface area contributed by atoms with Crippen LogP contribution in [0.5, 0.6) is 0 Å². The number of amides is 1. The van der Waals surface area contributed by atoms with Crippen LogP contribution in [0.1, 0.15) is 52.5 Å². The van der Waals surface area contributed by atoms with E-state index in [4.69, 9.17) is 14.2 Å². The number of halogens is 2. The van der Waals surface area contributed by atoms with Gasteiger partial charge in [-0.25, -0.2) is 19.5 Å². The molecule has 1 atom stereocenters. The number of aliphatic imine (C=N–C) groups is 1. The van der Waals surface area contributed by atoms with Gasteiger partial charge in [0.05, 0.1) is 18.8 Å². The lowest BCUT2D eigenvalue weighted by molar-refractivity contribution is -0.0814. The van der Waals surface area contributed by atoms with Crippen molar-refractivity contribution in [2.24, 2.45) is 4.99 Å². The second kappa shape index (κ2) is 7.63. The van der Waals surface area contributed by atoms with Crippen molar-refractivity contribution in [3.05, 3.63) is 34.1 Å². The third-order valence-electron chi connectivity index (χ3n) is 4.85. The van der Waals surface area contributed by atoms with Crippen LogP contribution in [0.3, 0.4) is 0 Å². The average molecular weight is 457 g/mol. The van der Waals surface area contributed by atoms with Crippen LogP contribution < -0.4 is 5.32 Å². The topological polar surface area (TPSA) is 69.2 Å². The molecule has 2 aliphatic rings. The van der Waals surface area contributed by atoms with Crippen molar-refractivity contribution in [3.63, 3.8) is 0 Å². The number of amidine groups is 1. The quantitative estimate of drug-likeness (QED) is 0.667. The summed E-state index contributed by atoms with van der Waals surface area (Å²) >= 11 is 3.41. The minimum atomic E-state index is -0.909. The van der Waals surface area contributed by atoms with Crippen LogP contribution in [0.2, 0.25) is 0 Å². The molecule has 0 bridgehead atoms. The Kier molecular flexibility index (Phi) is 5.74. The molecule has 2 heterocycles. The van der Waals surface area contributed by atoms with E-state index in [2.05, 4.69) is 26.2 Å². The Balaban J connectivity index is 1.97. The normalized spacial score (nSPS) is 24.3. The van der Waals surface area contributed by atoms with Gasteiger partial charge in [0.2, 0.25) is 0 Å². The van der Waals surface area contributed by atoms with Gasteiger partial charge in [0.15, 0.2) is 0 Å². The molecule has 0 aromatic heterocycles. The predicted molar refractivity (Wildman–Crippen MR) is 107 cm³/mol. The number of rotatable bonds is 1. The van der Waals surface area contributed by atoms with Gasteiger partial charge in [-0.15, -0.1) is 0 Å². The first-order valence-corrected chi connectivity index (χ1v) is 10.1. The standard InChI is InChI=1S/C20H26BrFN2O4/c1-18(2,3)28-17(25)23-16-24-19(4,14-11-13(21)5-6-15(14)22)12-20(27-16)7-9-26-10-8-20/h5-6,11H,7-10,12H2,1-4H3,(H,23,24,25)/t19-/m0/s1. The molecular formula is C20H26BrFN2O4. The van der Waals surface area contributed by atoms with Crippen molar-refractivity contribution in [2.45, 2.75) is 63.7 Å². The van der Waals surface area contributed by atoms with Crippen LogP contribution in [0.25, 0.3) is 0 Å². The van der Waals surface area contributed by atoms with E-state index in [0.29, 0.717) is 38.0 Å². The fraction of sp³-hybridized carbons (Fsp3) is 0.600. The number of ether oxygens (including phenoxy) is 3. The molecule has 8 heteroatoms. The summed E-state index contributed by atoms with van der Waals surface area (Å²) in [6.45, 7) is 8.26. The maximum atomic E-state index is 14.7. The summed E-state index contributed by atoms with van der Waals surface area (Å²) in [7, 11) is 0. The van der Waals surface area contributed by atoms with Gasteiger partial charge < -0.3 is 14.2 Å². The first-order valence-electron chi connectivity index (χ1n) is 9.33. The number of nitrogens with one attached hydrogen (secondary N) is 1. The highest BCUT2D eigenvalue weighted by Crippen LogP contribution is 2.45. The van der Waals surface area contributed by atoms with Crippen molar-refractivity contribution in [1.29, 1.82) is 0 Å². The van der Waals surface area contributed by atoms with Gasteiger partial charge in [-0.3, -0.25) is 0 Å². The molecule has 1 saturated heterocycles. The molecule has 1 aromatic carbocycles. The number of hydrogen-bond acceptors (Lipinski definition) is 5. The molecular weight excluding hydrogens is 431 g/mol. The Bertz CT molecular complexity index is 787. The predicted octanol–water partition coefficient (Wildman–Crippen LogP) is 4.65. The molecule has 0 radical (unpaired) electrons. The van der Waals surface area contributed by atoms with Gasteiger partial charge in [0, 0.05) is 29.3 Å². The first kappa shape index (κ1) is 21.0. The fourth-order valence-electron chi connectivity index (χ4n) is 3.69. The molecule has 0 aliphatic carbocycles. The van der Waals surface area contributed by atoms with Crippen LogP contribution in [0.4, 0.5) is 9.18 Å². The largest absolute Gasteiger partial charge is 0.458 e. The molecule has 28 heavy (non-hydrogen) atoms. The van der Waals surface area contributed by atoms with Gasteiger partial charge in [-0.2, -0.15) is 0 Å². The van der Waals surface area contributed by atoms with Crippen LogP contribution in [0.15, 0.2) is 27.7 Å². The van der Waals surface area contributed by atoms with Crippen molar-refractivity contribution in [1.82, 2.24) is 5.32 Å². The summed E-state index contributed by atoms with van der Waals surface area (Å²) in [4.78, 5) is 16.9. The van der Waals surface area contributed by atoms with E-state index in [1.807, 2.05) is 6.92 Å². The monoisotopic (exact) mass is 456 g/mol. The fourth-order valence-corrected chi connectivity index (χ4v) is 4.05. The zero-order chi connectivity index (χ0) is 20.6. The van der Waals surface area contributed by atoms with Crippen LogP contribution >= 0.6 is 15.9 Å². The van der Waals surface area contributed by atoms with Crippen LogP contribution in [-0.4, -0.2) is 36.5 Å². The summed E-state index contributed by atoms with van der Waals surface area (Å²) in [5.41, 5.74) is -1.71. The molecule has 1 N–H and O–H groups in total. The van der Waals surface area contributed by atoms with Gasteiger partial charge in [0.1, 0.15) is 17.0 Å². The second-order valence-electron chi connectivity index (χ2n) is 8.52. The maximum Gasteiger partial charge on any atom is 0.415 e. The number of nitrogens with zero attached hydrogens (tertiary/aromatic N) is 1. The average Bonchev–Trinajstić information content (AvgIpc) is 2.55. The Hall–Kier alpha value is -1.67. The Morgan fingerprint density at radius 1 is 1.32 bits per heavy atom. The van der Waals surface area contributed by atoms with Gasteiger partial charge in [-0.05, 0) is 45.9 Å². The van der Waals surface area contributed by atoms with Gasteiger partial charge in [0.25, 0.3) is 6.02 Å². The van der Waals surface area contributed by atoms with E-state index in [1.54, 1.807) is 32.9 Å². The molecule has 1 fully saturated rings. The summed E-state index contributed by atoms with van der Waals surface area (Å²) in [6.07, 6.45) is 1.09. The summed E-state index contributed by atoms with van der Waals surface area (Å²) in [5.74, 6) is -0.352. The number of hydrogen-bond donors (Lipinski definition) is 1. The number of benzene rings is 1. The minimum absolute atomic E-state index is 0.0456. The summed E-state index contributed by atoms with van der Waals surface area (Å²) in [5, 5.41) is 2.60. The molecule has 0 saturated carbocycles. The van der Waals surface area contributed by atoms with E-state index < -0.39 is 22.8 Å². The molecule has 1 spiro atoms. The molecule has 1 aromatic rings.